The predicted octanol–water partition coefficient (Wildman–Crippen LogP) is 9.36. The van der Waals surface area contributed by atoms with Crippen LogP contribution in [0, 0.1) is 0 Å². The highest BCUT2D eigenvalue weighted by molar-refractivity contribution is 6.15. The van der Waals surface area contributed by atoms with E-state index in [0.29, 0.717) is 17.6 Å². The molecule has 42 heavy (non-hydrogen) atoms. The highest BCUT2D eigenvalue weighted by atomic mass is 16.3. The molecular formula is C37H22N4O. The van der Waals surface area contributed by atoms with Crippen molar-refractivity contribution in [1.29, 1.82) is 0 Å². The van der Waals surface area contributed by atoms with E-state index in [9.17, 15) is 0 Å². The second-order valence-electron chi connectivity index (χ2n) is 10.5. The minimum absolute atomic E-state index is 0.576. The Kier molecular flexibility index (Phi) is 4.83. The number of hydrogen-bond acceptors (Lipinski definition) is 4. The number of furan rings is 1. The fourth-order valence-electron chi connectivity index (χ4n) is 6.09. The van der Waals surface area contributed by atoms with Gasteiger partial charge in [-0.1, -0.05) is 103 Å². The first-order valence-electron chi connectivity index (χ1n) is 14.0. The van der Waals surface area contributed by atoms with E-state index in [1.807, 2.05) is 42.5 Å². The van der Waals surface area contributed by atoms with Gasteiger partial charge in [0.1, 0.15) is 11.2 Å². The lowest BCUT2D eigenvalue weighted by Gasteiger charge is -2.10. The van der Waals surface area contributed by atoms with Crippen LogP contribution in [-0.2, 0) is 0 Å². The van der Waals surface area contributed by atoms with Crippen LogP contribution in [0.25, 0.3) is 83.2 Å². The van der Waals surface area contributed by atoms with E-state index in [-0.39, 0.29) is 0 Å². The van der Waals surface area contributed by atoms with Crippen LogP contribution >= 0.6 is 0 Å². The highest BCUT2D eigenvalue weighted by Crippen LogP contribution is 2.36. The van der Waals surface area contributed by atoms with Crippen molar-refractivity contribution in [3.8, 4) is 28.7 Å². The monoisotopic (exact) mass is 538 g/mol. The zero-order chi connectivity index (χ0) is 27.6. The molecule has 9 rings (SSSR count). The molecule has 0 amide bonds. The van der Waals surface area contributed by atoms with Crippen molar-refractivity contribution in [2.45, 2.75) is 0 Å². The predicted molar refractivity (Wildman–Crippen MR) is 170 cm³/mol. The zero-order valence-electron chi connectivity index (χ0n) is 22.4. The molecule has 5 nitrogen and oxygen atoms in total. The maximum Gasteiger partial charge on any atom is 0.238 e. The third kappa shape index (κ3) is 3.40. The van der Waals surface area contributed by atoms with Crippen LogP contribution < -0.4 is 0 Å². The summed E-state index contributed by atoms with van der Waals surface area (Å²) in [6, 6.07) is 45.7. The summed E-state index contributed by atoms with van der Waals surface area (Å²) in [7, 11) is 0. The maximum absolute atomic E-state index is 6.48. The van der Waals surface area contributed by atoms with Crippen molar-refractivity contribution in [2.75, 3.05) is 0 Å². The van der Waals surface area contributed by atoms with E-state index >= 15 is 0 Å². The number of fused-ring (bicyclic) bond motifs is 8. The molecule has 0 aliphatic heterocycles. The largest absolute Gasteiger partial charge is 0.455 e. The third-order valence-electron chi connectivity index (χ3n) is 8.06. The molecule has 0 unspecified atom stereocenters. The lowest BCUT2D eigenvalue weighted by Crippen LogP contribution is -2.06. The van der Waals surface area contributed by atoms with Gasteiger partial charge >= 0.3 is 0 Å². The van der Waals surface area contributed by atoms with Gasteiger partial charge in [0, 0.05) is 38.1 Å². The minimum Gasteiger partial charge on any atom is -0.455 e. The molecule has 0 saturated heterocycles. The number of hydrogen-bond donors (Lipinski definition) is 0. The van der Waals surface area contributed by atoms with Crippen LogP contribution in [0.15, 0.2) is 138 Å². The zero-order valence-corrected chi connectivity index (χ0v) is 22.4. The summed E-state index contributed by atoms with van der Waals surface area (Å²) in [6.45, 7) is 0. The summed E-state index contributed by atoms with van der Waals surface area (Å²) in [5.74, 6) is 1.79. The molecule has 0 N–H and O–H groups in total. The van der Waals surface area contributed by atoms with Gasteiger partial charge in [-0.05, 0) is 35.7 Å². The third-order valence-corrected chi connectivity index (χ3v) is 8.06. The van der Waals surface area contributed by atoms with E-state index in [1.54, 1.807) is 0 Å². The summed E-state index contributed by atoms with van der Waals surface area (Å²) >= 11 is 0. The van der Waals surface area contributed by atoms with E-state index in [4.69, 9.17) is 19.4 Å². The number of rotatable bonds is 3. The van der Waals surface area contributed by atoms with Gasteiger partial charge in [0.2, 0.25) is 5.95 Å². The van der Waals surface area contributed by atoms with E-state index in [0.717, 1.165) is 65.6 Å². The van der Waals surface area contributed by atoms with E-state index in [1.165, 1.54) is 0 Å². The molecule has 0 fully saturated rings. The Morgan fingerprint density at radius 2 is 1.07 bits per heavy atom. The van der Waals surface area contributed by atoms with Gasteiger partial charge in [0.25, 0.3) is 0 Å². The quantitative estimate of drug-likeness (QED) is 0.225. The van der Waals surface area contributed by atoms with Crippen molar-refractivity contribution in [2.24, 2.45) is 0 Å². The molecule has 3 heterocycles. The molecule has 3 aromatic heterocycles. The normalized spacial score (nSPS) is 11.8. The standard InChI is InChI=1S/C37H22N4O/c1-2-11-24(12-3-1)35-38-36(40-37(39-35)41-31-16-8-6-14-27(31)28-15-7-9-17-32(28)41)25-19-20-29-30-21-18-23-10-4-5-13-26(23)34(30)42-33(29)22-25/h1-22H. The Morgan fingerprint density at radius 3 is 1.83 bits per heavy atom. The van der Waals surface area contributed by atoms with Crippen molar-refractivity contribution in [3.63, 3.8) is 0 Å². The van der Waals surface area contributed by atoms with Crippen molar-refractivity contribution in [1.82, 2.24) is 19.5 Å². The van der Waals surface area contributed by atoms with Crippen LogP contribution in [-0.4, -0.2) is 19.5 Å². The lowest BCUT2D eigenvalue weighted by atomic mass is 10.1. The fraction of sp³-hybridized carbons (Fsp3) is 0. The smallest absolute Gasteiger partial charge is 0.238 e. The van der Waals surface area contributed by atoms with Gasteiger partial charge < -0.3 is 4.42 Å². The molecule has 5 heteroatoms. The molecule has 0 aliphatic rings. The molecular weight excluding hydrogens is 516 g/mol. The van der Waals surface area contributed by atoms with Crippen molar-refractivity contribution < 1.29 is 4.42 Å². The molecule has 0 aliphatic carbocycles. The van der Waals surface area contributed by atoms with Crippen molar-refractivity contribution in [3.05, 3.63) is 133 Å². The first-order chi connectivity index (χ1) is 20.8. The van der Waals surface area contributed by atoms with Crippen LogP contribution in [0.1, 0.15) is 0 Å². The highest BCUT2D eigenvalue weighted by Gasteiger charge is 2.18. The van der Waals surface area contributed by atoms with Gasteiger partial charge in [0.15, 0.2) is 11.6 Å². The van der Waals surface area contributed by atoms with E-state index < -0.39 is 0 Å². The Morgan fingerprint density at radius 1 is 0.452 bits per heavy atom. The summed E-state index contributed by atoms with van der Waals surface area (Å²) in [5, 5.41) is 6.75. The van der Waals surface area contributed by atoms with Crippen molar-refractivity contribution >= 4 is 54.5 Å². The molecule has 0 saturated carbocycles. The molecule has 0 spiro atoms. The van der Waals surface area contributed by atoms with Gasteiger partial charge in [-0.25, -0.2) is 4.98 Å². The Balaban J connectivity index is 1.31. The average Bonchev–Trinajstić information content (AvgIpc) is 3.61. The summed E-state index contributed by atoms with van der Waals surface area (Å²) in [6.07, 6.45) is 0. The second kappa shape index (κ2) is 8.85. The van der Waals surface area contributed by atoms with Gasteiger partial charge in [0.05, 0.1) is 11.0 Å². The molecule has 6 aromatic carbocycles. The fourth-order valence-corrected chi connectivity index (χ4v) is 6.09. The summed E-state index contributed by atoms with van der Waals surface area (Å²) < 4.78 is 8.62. The Bertz CT molecular complexity index is 2420. The molecule has 9 aromatic rings. The Labute approximate surface area is 240 Å². The van der Waals surface area contributed by atoms with E-state index in [2.05, 4.69) is 95.6 Å². The van der Waals surface area contributed by atoms with Gasteiger partial charge in [-0.2, -0.15) is 9.97 Å². The minimum atomic E-state index is 0.576. The number of para-hydroxylation sites is 2. The second-order valence-corrected chi connectivity index (χ2v) is 10.5. The SMILES string of the molecule is c1ccc(-c2nc(-c3ccc4c(c3)oc3c5ccccc5ccc43)nc(-n3c4ccccc4c4ccccc43)n2)cc1. The van der Waals surface area contributed by atoms with Crippen LogP contribution in [0.4, 0.5) is 0 Å². The number of nitrogens with zero attached hydrogens (tertiary/aromatic N) is 4. The molecule has 0 bridgehead atoms. The summed E-state index contributed by atoms with van der Waals surface area (Å²) in [5.41, 5.74) is 5.60. The molecule has 0 radical (unpaired) electrons. The lowest BCUT2D eigenvalue weighted by molar-refractivity contribution is 0.673. The first kappa shape index (κ1) is 22.9. The van der Waals surface area contributed by atoms with Gasteiger partial charge in [-0.3, -0.25) is 4.57 Å². The van der Waals surface area contributed by atoms with Crippen LogP contribution in [0.2, 0.25) is 0 Å². The first-order valence-corrected chi connectivity index (χ1v) is 14.0. The van der Waals surface area contributed by atoms with Crippen LogP contribution in [0.5, 0.6) is 0 Å². The van der Waals surface area contributed by atoms with Gasteiger partial charge in [-0.15, -0.1) is 0 Å². The molecule has 196 valence electrons. The Hall–Kier alpha value is -5.81. The molecule has 0 atom stereocenters. The van der Waals surface area contributed by atoms with Crippen LogP contribution in [0.3, 0.4) is 0 Å². The maximum atomic E-state index is 6.48. The average molecular weight is 539 g/mol. The summed E-state index contributed by atoms with van der Waals surface area (Å²) in [4.78, 5) is 15.1. The number of aromatic nitrogens is 4. The topological polar surface area (TPSA) is 56.7 Å². The number of benzene rings is 6.